The lowest BCUT2D eigenvalue weighted by Gasteiger charge is -2.28. The number of likely N-dealkylation sites (tertiary alicyclic amines) is 1. The predicted octanol–water partition coefficient (Wildman–Crippen LogP) is 3.74. The smallest absolute Gasteiger partial charge is 0.307 e. The third-order valence-corrected chi connectivity index (χ3v) is 4.07. The molecule has 20 heavy (non-hydrogen) atoms. The maximum Gasteiger partial charge on any atom is 0.307 e. The van der Waals surface area contributed by atoms with E-state index >= 15 is 0 Å². The topological polar surface area (TPSA) is 29.5 Å². The van der Waals surface area contributed by atoms with E-state index in [0.29, 0.717) is 13.0 Å². The number of carbonyl (C=O) groups is 1. The molecule has 0 N–H and O–H groups in total. The monoisotopic (exact) mass is 295 g/mol. The highest BCUT2D eigenvalue weighted by molar-refractivity contribution is 6.30. The van der Waals surface area contributed by atoms with Gasteiger partial charge in [0.15, 0.2) is 0 Å². The average molecular weight is 296 g/mol. The van der Waals surface area contributed by atoms with Gasteiger partial charge in [0.25, 0.3) is 0 Å². The fraction of sp³-hybridized carbons (Fsp3) is 0.562. The second kappa shape index (κ2) is 7.09. The zero-order valence-corrected chi connectivity index (χ0v) is 12.9. The van der Waals surface area contributed by atoms with Crippen LogP contribution >= 0.6 is 11.6 Å². The van der Waals surface area contributed by atoms with E-state index in [9.17, 15) is 4.79 Å². The Kier molecular flexibility index (Phi) is 5.44. The minimum atomic E-state index is -0.126. The van der Waals surface area contributed by atoms with Crippen molar-refractivity contribution in [3.05, 3.63) is 34.3 Å². The van der Waals surface area contributed by atoms with Crippen molar-refractivity contribution in [2.45, 2.75) is 39.2 Å². The minimum Gasteiger partial charge on any atom is -0.466 e. The number of benzene rings is 1. The summed E-state index contributed by atoms with van der Waals surface area (Å²) >= 11 is 6.03. The molecule has 1 aromatic carbocycles. The maximum absolute atomic E-state index is 11.9. The van der Waals surface area contributed by atoms with E-state index in [-0.39, 0.29) is 12.0 Å². The van der Waals surface area contributed by atoms with Gasteiger partial charge in [-0.25, -0.2) is 0 Å². The van der Waals surface area contributed by atoms with Crippen LogP contribution in [0.3, 0.4) is 0 Å². The molecule has 0 aromatic heterocycles. The van der Waals surface area contributed by atoms with Crippen molar-refractivity contribution in [3.63, 3.8) is 0 Å². The van der Waals surface area contributed by atoms with Crippen LogP contribution < -0.4 is 0 Å². The fourth-order valence-electron chi connectivity index (χ4n) is 2.88. The number of hydrogen-bond acceptors (Lipinski definition) is 3. The molecule has 0 amide bonds. The lowest BCUT2D eigenvalue weighted by atomic mass is 9.97. The van der Waals surface area contributed by atoms with Crippen LogP contribution in [0.5, 0.6) is 0 Å². The number of esters is 1. The first-order valence-corrected chi connectivity index (χ1v) is 7.65. The summed E-state index contributed by atoms with van der Waals surface area (Å²) in [6.07, 6.45) is 2.81. The third kappa shape index (κ3) is 3.74. The van der Waals surface area contributed by atoms with Gasteiger partial charge < -0.3 is 4.74 Å². The molecule has 2 rings (SSSR count). The van der Waals surface area contributed by atoms with Gasteiger partial charge in [0, 0.05) is 11.1 Å². The molecule has 1 saturated heterocycles. The molecular formula is C16H22ClNO2. The first kappa shape index (κ1) is 15.3. The van der Waals surface area contributed by atoms with Gasteiger partial charge in [-0.1, -0.05) is 17.7 Å². The van der Waals surface area contributed by atoms with Crippen LogP contribution in [0.25, 0.3) is 0 Å². The second-order valence-corrected chi connectivity index (χ2v) is 5.71. The number of halogens is 1. The van der Waals surface area contributed by atoms with Crippen molar-refractivity contribution in [1.82, 2.24) is 4.90 Å². The van der Waals surface area contributed by atoms with Gasteiger partial charge in [-0.3, -0.25) is 9.69 Å². The standard InChI is InChI=1S/C16H22ClNO2/c1-3-20-16(19)11-15(18-8-4-5-9-18)14-7-6-13(17)10-12(14)2/h6-7,10,15H,3-5,8-9,11H2,1-2H3. The highest BCUT2D eigenvalue weighted by atomic mass is 35.5. The first-order chi connectivity index (χ1) is 9.61. The highest BCUT2D eigenvalue weighted by Crippen LogP contribution is 2.31. The van der Waals surface area contributed by atoms with Crippen molar-refractivity contribution < 1.29 is 9.53 Å². The number of carbonyl (C=O) groups excluding carboxylic acids is 1. The number of rotatable bonds is 5. The summed E-state index contributed by atoms with van der Waals surface area (Å²) < 4.78 is 5.13. The van der Waals surface area contributed by atoms with E-state index < -0.39 is 0 Å². The molecule has 4 heteroatoms. The van der Waals surface area contributed by atoms with Gasteiger partial charge in [0.05, 0.1) is 13.0 Å². The molecule has 1 atom stereocenters. The molecule has 0 aliphatic carbocycles. The van der Waals surface area contributed by atoms with E-state index in [1.807, 2.05) is 25.1 Å². The number of ether oxygens (including phenoxy) is 1. The van der Waals surface area contributed by atoms with Gasteiger partial charge in [-0.2, -0.15) is 0 Å². The van der Waals surface area contributed by atoms with Crippen molar-refractivity contribution in [3.8, 4) is 0 Å². The summed E-state index contributed by atoms with van der Waals surface area (Å²) in [5.41, 5.74) is 2.32. The molecule has 1 aliphatic heterocycles. The Hall–Kier alpha value is -1.06. The van der Waals surface area contributed by atoms with Crippen molar-refractivity contribution >= 4 is 17.6 Å². The highest BCUT2D eigenvalue weighted by Gasteiger charge is 2.27. The summed E-state index contributed by atoms with van der Waals surface area (Å²) in [7, 11) is 0. The van der Waals surface area contributed by atoms with E-state index in [1.165, 1.54) is 18.4 Å². The molecule has 0 bridgehead atoms. The van der Waals surface area contributed by atoms with Crippen molar-refractivity contribution in [1.29, 1.82) is 0 Å². The quantitative estimate of drug-likeness (QED) is 0.775. The van der Waals surface area contributed by atoms with Gasteiger partial charge in [-0.05, 0) is 63.0 Å². The first-order valence-electron chi connectivity index (χ1n) is 7.27. The fourth-order valence-corrected chi connectivity index (χ4v) is 3.11. The Morgan fingerprint density at radius 1 is 1.40 bits per heavy atom. The van der Waals surface area contributed by atoms with Crippen LogP contribution in [-0.4, -0.2) is 30.6 Å². The number of aryl methyl sites for hydroxylation is 1. The van der Waals surface area contributed by atoms with Crippen molar-refractivity contribution in [2.24, 2.45) is 0 Å². The molecule has 1 unspecified atom stereocenters. The zero-order chi connectivity index (χ0) is 14.5. The van der Waals surface area contributed by atoms with Crippen LogP contribution in [-0.2, 0) is 9.53 Å². The second-order valence-electron chi connectivity index (χ2n) is 5.27. The molecule has 1 heterocycles. The normalized spacial score (nSPS) is 17.1. The Bertz CT molecular complexity index is 470. The van der Waals surface area contributed by atoms with Gasteiger partial charge in [0.1, 0.15) is 0 Å². The van der Waals surface area contributed by atoms with E-state index in [2.05, 4.69) is 11.8 Å². The largest absolute Gasteiger partial charge is 0.466 e. The lowest BCUT2D eigenvalue weighted by molar-refractivity contribution is -0.144. The van der Waals surface area contributed by atoms with Gasteiger partial charge >= 0.3 is 5.97 Å². The van der Waals surface area contributed by atoms with Crippen molar-refractivity contribution in [2.75, 3.05) is 19.7 Å². The Balaban J connectivity index is 2.22. The molecule has 3 nitrogen and oxygen atoms in total. The van der Waals surface area contributed by atoms with Crippen LogP contribution in [0.15, 0.2) is 18.2 Å². The summed E-state index contributed by atoms with van der Waals surface area (Å²) in [6, 6.07) is 6.01. The SMILES string of the molecule is CCOC(=O)CC(c1ccc(Cl)cc1C)N1CCCC1. The third-order valence-electron chi connectivity index (χ3n) is 3.84. The Morgan fingerprint density at radius 2 is 2.10 bits per heavy atom. The molecule has 110 valence electrons. The molecule has 0 spiro atoms. The molecule has 0 saturated carbocycles. The summed E-state index contributed by atoms with van der Waals surface area (Å²) in [4.78, 5) is 14.3. The summed E-state index contributed by atoms with van der Waals surface area (Å²) in [5, 5.41) is 0.738. The van der Waals surface area contributed by atoms with Gasteiger partial charge in [0.2, 0.25) is 0 Å². The Morgan fingerprint density at radius 3 is 2.70 bits per heavy atom. The summed E-state index contributed by atoms with van der Waals surface area (Å²) in [5.74, 6) is -0.126. The van der Waals surface area contributed by atoms with E-state index in [1.54, 1.807) is 0 Å². The number of nitrogens with zero attached hydrogens (tertiary/aromatic N) is 1. The molecule has 0 radical (unpaired) electrons. The summed E-state index contributed by atoms with van der Waals surface area (Å²) in [6.45, 7) is 6.43. The van der Waals surface area contributed by atoms with Crippen LogP contribution in [0.4, 0.5) is 0 Å². The van der Waals surface area contributed by atoms with E-state index in [4.69, 9.17) is 16.3 Å². The minimum absolute atomic E-state index is 0.105. The maximum atomic E-state index is 11.9. The van der Waals surface area contributed by atoms with Crippen LogP contribution in [0.2, 0.25) is 5.02 Å². The molecule has 1 fully saturated rings. The predicted molar refractivity (Wildman–Crippen MR) is 81.0 cm³/mol. The number of hydrogen-bond donors (Lipinski definition) is 0. The molecular weight excluding hydrogens is 274 g/mol. The molecule has 1 aliphatic rings. The average Bonchev–Trinajstić information content (AvgIpc) is 2.90. The van der Waals surface area contributed by atoms with Gasteiger partial charge in [-0.15, -0.1) is 0 Å². The van der Waals surface area contributed by atoms with Crippen LogP contribution in [0.1, 0.15) is 43.4 Å². The van der Waals surface area contributed by atoms with E-state index in [0.717, 1.165) is 23.7 Å². The Labute approximate surface area is 125 Å². The molecule has 1 aromatic rings. The lowest BCUT2D eigenvalue weighted by Crippen LogP contribution is -2.28. The zero-order valence-electron chi connectivity index (χ0n) is 12.2. The van der Waals surface area contributed by atoms with Crippen LogP contribution in [0, 0.1) is 6.92 Å².